The molecule has 16 heavy (non-hydrogen) atoms. The molecular weight excluding hydrogens is 200 g/mol. The lowest BCUT2D eigenvalue weighted by molar-refractivity contribution is 0.218. The summed E-state index contributed by atoms with van der Waals surface area (Å²) in [7, 11) is 0. The molecule has 1 unspecified atom stereocenters. The molecule has 0 saturated heterocycles. The molecule has 1 heterocycles. The van der Waals surface area contributed by atoms with Gasteiger partial charge in [0, 0.05) is 5.56 Å². The molecule has 1 N–H and O–H groups in total. The summed E-state index contributed by atoms with van der Waals surface area (Å²) < 4.78 is 5.87. The quantitative estimate of drug-likeness (QED) is 0.851. The summed E-state index contributed by atoms with van der Waals surface area (Å²) in [6, 6.07) is 8.00. The highest BCUT2D eigenvalue weighted by Crippen LogP contribution is 2.28. The molecule has 3 heteroatoms. The summed E-state index contributed by atoms with van der Waals surface area (Å²) >= 11 is 0. The Morgan fingerprint density at radius 2 is 2.19 bits per heavy atom. The van der Waals surface area contributed by atoms with Crippen LogP contribution < -0.4 is 4.74 Å². The van der Waals surface area contributed by atoms with E-state index in [1.165, 1.54) is 0 Å². The summed E-state index contributed by atoms with van der Waals surface area (Å²) in [6.45, 7) is 4.19. The van der Waals surface area contributed by atoms with Crippen molar-refractivity contribution in [1.82, 2.24) is 9.97 Å². The number of hydrogen-bond acceptors (Lipinski definition) is 2. The van der Waals surface area contributed by atoms with Crippen LogP contribution in [0.5, 0.6) is 5.75 Å². The number of ether oxygens (including phenoxy) is 1. The van der Waals surface area contributed by atoms with Crippen LogP contribution in [0.25, 0.3) is 11.3 Å². The highest BCUT2D eigenvalue weighted by atomic mass is 16.5. The highest BCUT2D eigenvalue weighted by Gasteiger charge is 2.08. The third kappa shape index (κ3) is 2.24. The summed E-state index contributed by atoms with van der Waals surface area (Å²) in [5.74, 6) is 0.904. The number of imidazole rings is 1. The van der Waals surface area contributed by atoms with Crippen molar-refractivity contribution in [2.24, 2.45) is 0 Å². The molecule has 0 aliphatic heterocycles. The van der Waals surface area contributed by atoms with Gasteiger partial charge < -0.3 is 9.72 Å². The van der Waals surface area contributed by atoms with Crippen LogP contribution in [-0.4, -0.2) is 16.1 Å². The van der Waals surface area contributed by atoms with Gasteiger partial charge in [0.25, 0.3) is 0 Å². The zero-order valence-corrected chi connectivity index (χ0v) is 9.60. The van der Waals surface area contributed by atoms with E-state index in [0.717, 1.165) is 23.4 Å². The fourth-order valence-corrected chi connectivity index (χ4v) is 1.50. The minimum Gasteiger partial charge on any atom is -0.490 e. The Hall–Kier alpha value is -1.77. The Balaban J connectivity index is 2.31. The van der Waals surface area contributed by atoms with Crippen LogP contribution in [0.3, 0.4) is 0 Å². The molecule has 1 atom stereocenters. The van der Waals surface area contributed by atoms with Gasteiger partial charge in [0.15, 0.2) is 0 Å². The van der Waals surface area contributed by atoms with Crippen LogP contribution >= 0.6 is 0 Å². The van der Waals surface area contributed by atoms with Gasteiger partial charge in [-0.25, -0.2) is 4.98 Å². The van der Waals surface area contributed by atoms with Crippen LogP contribution in [0.2, 0.25) is 0 Å². The smallest absolute Gasteiger partial charge is 0.129 e. The summed E-state index contributed by atoms with van der Waals surface area (Å²) in [5.41, 5.74) is 2.04. The van der Waals surface area contributed by atoms with Gasteiger partial charge >= 0.3 is 0 Å². The zero-order valence-electron chi connectivity index (χ0n) is 9.60. The van der Waals surface area contributed by atoms with Crippen molar-refractivity contribution in [3.63, 3.8) is 0 Å². The van der Waals surface area contributed by atoms with Gasteiger partial charge in [-0.2, -0.15) is 0 Å². The number of rotatable bonds is 4. The zero-order chi connectivity index (χ0) is 11.4. The lowest BCUT2D eigenvalue weighted by Crippen LogP contribution is -2.10. The van der Waals surface area contributed by atoms with E-state index in [1.807, 2.05) is 24.3 Å². The Morgan fingerprint density at radius 1 is 1.38 bits per heavy atom. The topological polar surface area (TPSA) is 37.9 Å². The van der Waals surface area contributed by atoms with Crippen LogP contribution in [0.4, 0.5) is 0 Å². The summed E-state index contributed by atoms with van der Waals surface area (Å²) in [4.78, 5) is 7.12. The number of H-pyrrole nitrogens is 1. The third-order valence-corrected chi connectivity index (χ3v) is 2.58. The van der Waals surface area contributed by atoms with Gasteiger partial charge in [-0.05, 0) is 25.5 Å². The molecule has 0 radical (unpaired) electrons. The van der Waals surface area contributed by atoms with E-state index < -0.39 is 0 Å². The first-order chi connectivity index (χ1) is 7.81. The monoisotopic (exact) mass is 216 g/mol. The van der Waals surface area contributed by atoms with Crippen molar-refractivity contribution in [3.8, 4) is 17.0 Å². The van der Waals surface area contributed by atoms with E-state index in [4.69, 9.17) is 4.74 Å². The maximum absolute atomic E-state index is 5.87. The van der Waals surface area contributed by atoms with E-state index in [0.29, 0.717) is 0 Å². The maximum Gasteiger partial charge on any atom is 0.129 e. The van der Waals surface area contributed by atoms with Crippen LogP contribution in [0.15, 0.2) is 36.8 Å². The van der Waals surface area contributed by atoms with Crippen LogP contribution in [0.1, 0.15) is 20.3 Å². The van der Waals surface area contributed by atoms with Crippen LogP contribution in [0, 0.1) is 0 Å². The summed E-state index contributed by atoms with van der Waals surface area (Å²) in [6.07, 6.45) is 4.70. The fourth-order valence-electron chi connectivity index (χ4n) is 1.50. The molecule has 84 valence electrons. The van der Waals surface area contributed by atoms with Crippen LogP contribution in [-0.2, 0) is 0 Å². The second-order valence-corrected chi connectivity index (χ2v) is 3.80. The van der Waals surface area contributed by atoms with Gasteiger partial charge in [0.2, 0.25) is 0 Å². The molecule has 0 bridgehead atoms. The number of hydrogen-bond donors (Lipinski definition) is 1. The minimum atomic E-state index is 0.226. The predicted molar refractivity (Wildman–Crippen MR) is 64.4 cm³/mol. The first-order valence-corrected chi connectivity index (χ1v) is 5.55. The molecule has 1 aromatic heterocycles. The highest BCUT2D eigenvalue weighted by molar-refractivity contribution is 5.66. The van der Waals surface area contributed by atoms with Gasteiger partial charge in [0.1, 0.15) is 5.75 Å². The Bertz CT molecular complexity index is 437. The van der Waals surface area contributed by atoms with Crippen molar-refractivity contribution in [3.05, 3.63) is 36.8 Å². The number of aromatic amines is 1. The predicted octanol–water partition coefficient (Wildman–Crippen LogP) is 3.25. The lowest BCUT2D eigenvalue weighted by atomic mass is 10.1. The fraction of sp³-hybridized carbons (Fsp3) is 0.308. The van der Waals surface area contributed by atoms with E-state index in [-0.39, 0.29) is 6.10 Å². The van der Waals surface area contributed by atoms with Gasteiger partial charge in [0.05, 0.1) is 24.3 Å². The van der Waals surface area contributed by atoms with Crippen molar-refractivity contribution in [2.45, 2.75) is 26.4 Å². The first kappa shape index (κ1) is 10.7. The van der Waals surface area contributed by atoms with Gasteiger partial charge in [-0.1, -0.05) is 19.1 Å². The largest absolute Gasteiger partial charge is 0.490 e. The van der Waals surface area contributed by atoms with Crippen molar-refractivity contribution in [1.29, 1.82) is 0 Å². The molecule has 2 aromatic rings. The third-order valence-electron chi connectivity index (χ3n) is 2.58. The van der Waals surface area contributed by atoms with Gasteiger partial charge in [-0.15, -0.1) is 0 Å². The average Bonchev–Trinajstić information content (AvgIpc) is 2.83. The molecule has 0 saturated carbocycles. The molecule has 0 amide bonds. The molecule has 3 nitrogen and oxygen atoms in total. The Labute approximate surface area is 95.5 Å². The van der Waals surface area contributed by atoms with E-state index >= 15 is 0 Å². The average molecular weight is 216 g/mol. The minimum absolute atomic E-state index is 0.226. The molecular formula is C13H16N2O. The molecule has 0 fully saturated rings. The first-order valence-electron chi connectivity index (χ1n) is 5.55. The van der Waals surface area contributed by atoms with E-state index in [9.17, 15) is 0 Å². The number of nitrogens with one attached hydrogen (secondary N) is 1. The second kappa shape index (κ2) is 4.84. The maximum atomic E-state index is 5.87. The molecule has 2 rings (SSSR count). The molecule has 0 aliphatic carbocycles. The molecule has 0 spiro atoms. The second-order valence-electron chi connectivity index (χ2n) is 3.80. The van der Waals surface area contributed by atoms with Gasteiger partial charge in [-0.3, -0.25) is 0 Å². The number of nitrogens with zero attached hydrogens (tertiary/aromatic N) is 1. The number of aromatic nitrogens is 2. The SMILES string of the molecule is CCC(C)Oc1ccccc1-c1cnc[nH]1. The Kier molecular flexibility index (Phi) is 3.25. The molecule has 1 aromatic carbocycles. The molecule has 0 aliphatic rings. The van der Waals surface area contributed by atoms with Crippen molar-refractivity contribution < 1.29 is 4.74 Å². The lowest BCUT2D eigenvalue weighted by Gasteiger charge is -2.15. The van der Waals surface area contributed by atoms with E-state index in [2.05, 4.69) is 23.8 Å². The summed E-state index contributed by atoms with van der Waals surface area (Å²) in [5, 5.41) is 0. The number of para-hydroxylation sites is 1. The van der Waals surface area contributed by atoms with Crippen molar-refractivity contribution in [2.75, 3.05) is 0 Å². The van der Waals surface area contributed by atoms with E-state index in [1.54, 1.807) is 12.5 Å². The normalized spacial score (nSPS) is 12.4. The standard InChI is InChI=1S/C13H16N2O/c1-3-10(2)16-13-7-5-4-6-11(13)12-8-14-9-15-12/h4-10H,3H2,1-2H3,(H,14,15). The Morgan fingerprint density at radius 3 is 2.88 bits per heavy atom. The number of benzene rings is 1. The van der Waals surface area contributed by atoms with Crippen molar-refractivity contribution >= 4 is 0 Å².